The molecule has 0 aliphatic carbocycles. The number of aliphatic hydroxyl groups excluding tert-OH is 1. The van der Waals surface area contributed by atoms with E-state index in [-0.39, 0.29) is 18.2 Å². The largest absolute Gasteiger partial charge is 0.444 e. The van der Waals surface area contributed by atoms with Crippen molar-refractivity contribution in [1.29, 1.82) is 0 Å². The summed E-state index contributed by atoms with van der Waals surface area (Å²) in [5, 5.41) is 15.4. The molecular formula is C14H31N3O3. The Morgan fingerprint density at radius 3 is 2.40 bits per heavy atom. The Bertz CT molecular complexity index is 277. The van der Waals surface area contributed by atoms with Crippen LogP contribution in [-0.4, -0.2) is 48.1 Å². The lowest BCUT2D eigenvalue weighted by molar-refractivity contribution is 0.0526. The highest BCUT2D eigenvalue weighted by molar-refractivity contribution is 5.67. The number of rotatable bonds is 8. The number of nitrogens with two attached hydrogens (primary N) is 1. The molecular weight excluding hydrogens is 258 g/mol. The molecule has 0 bridgehead atoms. The first-order valence-corrected chi connectivity index (χ1v) is 7.25. The third-order valence-electron chi connectivity index (χ3n) is 2.66. The highest BCUT2D eigenvalue weighted by Gasteiger charge is 2.16. The van der Waals surface area contributed by atoms with Crippen LogP contribution in [0.4, 0.5) is 4.79 Å². The summed E-state index contributed by atoms with van der Waals surface area (Å²) in [7, 11) is 0. The van der Waals surface area contributed by atoms with Crippen LogP contribution in [0.25, 0.3) is 0 Å². The van der Waals surface area contributed by atoms with Gasteiger partial charge in [0.05, 0.1) is 6.10 Å². The van der Waals surface area contributed by atoms with Gasteiger partial charge in [0.15, 0.2) is 0 Å². The van der Waals surface area contributed by atoms with Crippen LogP contribution >= 0.6 is 0 Å². The van der Waals surface area contributed by atoms with Crippen molar-refractivity contribution in [3.05, 3.63) is 0 Å². The number of aliphatic hydroxyl groups is 1. The van der Waals surface area contributed by atoms with Crippen molar-refractivity contribution < 1.29 is 14.6 Å². The Labute approximate surface area is 122 Å². The molecule has 0 aromatic rings. The highest BCUT2D eigenvalue weighted by atomic mass is 16.6. The van der Waals surface area contributed by atoms with Gasteiger partial charge in [0.25, 0.3) is 0 Å². The second-order valence-corrected chi connectivity index (χ2v) is 6.30. The van der Waals surface area contributed by atoms with E-state index >= 15 is 0 Å². The van der Waals surface area contributed by atoms with Crippen LogP contribution in [0.2, 0.25) is 0 Å². The van der Waals surface area contributed by atoms with Crippen LogP contribution in [0.3, 0.4) is 0 Å². The van der Waals surface area contributed by atoms with E-state index in [2.05, 4.69) is 10.6 Å². The first-order valence-electron chi connectivity index (χ1n) is 7.25. The molecule has 0 saturated carbocycles. The van der Waals surface area contributed by atoms with E-state index in [1.165, 1.54) is 0 Å². The minimum absolute atomic E-state index is 0.110. The molecule has 1 amide bonds. The number of amides is 1. The zero-order valence-electron chi connectivity index (χ0n) is 13.4. The summed E-state index contributed by atoms with van der Waals surface area (Å²) in [6, 6.07) is 0.295. The standard InChI is InChI=1S/C14H31N3O3/c1-10(8-11(2)18)17-12(9-15)6-7-16-13(19)20-14(3,4)5/h10-12,17-18H,6-9,15H2,1-5H3,(H,16,19). The van der Waals surface area contributed by atoms with Gasteiger partial charge in [-0.1, -0.05) is 0 Å². The maximum Gasteiger partial charge on any atom is 0.407 e. The molecule has 0 radical (unpaired) electrons. The lowest BCUT2D eigenvalue weighted by atomic mass is 10.1. The number of carbonyl (C=O) groups is 1. The van der Waals surface area contributed by atoms with E-state index in [1.807, 2.05) is 27.7 Å². The van der Waals surface area contributed by atoms with Crippen molar-refractivity contribution >= 4 is 6.09 Å². The Hall–Kier alpha value is -0.850. The molecule has 0 aliphatic rings. The third kappa shape index (κ3) is 11.0. The van der Waals surface area contributed by atoms with Crippen molar-refractivity contribution in [2.45, 2.75) is 71.2 Å². The molecule has 6 heteroatoms. The van der Waals surface area contributed by atoms with E-state index in [0.29, 0.717) is 19.5 Å². The molecule has 0 fully saturated rings. The van der Waals surface area contributed by atoms with Crippen molar-refractivity contribution in [3.63, 3.8) is 0 Å². The van der Waals surface area contributed by atoms with Crippen LogP contribution in [0, 0.1) is 0 Å². The van der Waals surface area contributed by atoms with Crippen LogP contribution < -0.4 is 16.4 Å². The van der Waals surface area contributed by atoms with Gasteiger partial charge in [-0.15, -0.1) is 0 Å². The van der Waals surface area contributed by atoms with Gasteiger partial charge >= 0.3 is 6.09 Å². The molecule has 0 saturated heterocycles. The molecule has 0 aromatic heterocycles. The molecule has 5 N–H and O–H groups in total. The van der Waals surface area contributed by atoms with E-state index < -0.39 is 11.7 Å². The monoisotopic (exact) mass is 289 g/mol. The number of hydrogen-bond acceptors (Lipinski definition) is 5. The fraction of sp³-hybridized carbons (Fsp3) is 0.929. The van der Waals surface area contributed by atoms with Gasteiger partial charge in [-0.3, -0.25) is 0 Å². The first-order chi connectivity index (χ1) is 9.14. The quantitative estimate of drug-likeness (QED) is 0.534. The van der Waals surface area contributed by atoms with Gasteiger partial charge < -0.3 is 26.2 Å². The molecule has 0 heterocycles. The van der Waals surface area contributed by atoms with Gasteiger partial charge in [-0.25, -0.2) is 4.79 Å². The van der Waals surface area contributed by atoms with Gasteiger partial charge in [-0.05, 0) is 47.5 Å². The first kappa shape index (κ1) is 19.1. The van der Waals surface area contributed by atoms with Gasteiger partial charge in [0.2, 0.25) is 0 Å². The molecule has 3 atom stereocenters. The summed E-state index contributed by atoms with van der Waals surface area (Å²) < 4.78 is 5.15. The van der Waals surface area contributed by atoms with E-state index in [1.54, 1.807) is 6.92 Å². The molecule has 0 rings (SSSR count). The fourth-order valence-corrected chi connectivity index (χ4v) is 1.91. The predicted molar refractivity (Wildman–Crippen MR) is 80.6 cm³/mol. The second-order valence-electron chi connectivity index (χ2n) is 6.30. The van der Waals surface area contributed by atoms with E-state index in [4.69, 9.17) is 10.5 Å². The maximum absolute atomic E-state index is 11.5. The number of ether oxygens (including phenoxy) is 1. The summed E-state index contributed by atoms with van der Waals surface area (Å²) in [5.74, 6) is 0. The number of hydrogen-bond donors (Lipinski definition) is 4. The summed E-state index contributed by atoms with van der Waals surface area (Å²) >= 11 is 0. The van der Waals surface area contributed by atoms with Crippen molar-refractivity contribution in [2.24, 2.45) is 5.73 Å². The van der Waals surface area contributed by atoms with Gasteiger partial charge in [0.1, 0.15) is 5.60 Å². The highest BCUT2D eigenvalue weighted by Crippen LogP contribution is 2.06. The third-order valence-corrected chi connectivity index (χ3v) is 2.66. The molecule has 0 aromatic carbocycles. The molecule has 0 aliphatic heterocycles. The smallest absolute Gasteiger partial charge is 0.407 e. The average molecular weight is 289 g/mol. The van der Waals surface area contributed by atoms with Crippen LogP contribution in [0.1, 0.15) is 47.5 Å². The summed E-state index contributed by atoms with van der Waals surface area (Å²) in [6.07, 6.45) is 0.650. The Balaban J connectivity index is 3.93. The Morgan fingerprint density at radius 1 is 1.35 bits per heavy atom. The number of alkyl carbamates (subject to hydrolysis) is 1. The summed E-state index contributed by atoms with van der Waals surface area (Å²) in [6.45, 7) is 10.2. The Morgan fingerprint density at radius 2 is 1.95 bits per heavy atom. The fourth-order valence-electron chi connectivity index (χ4n) is 1.91. The molecule has 3 unspecified atom stereocenters. The lowest BCUT2D eigenvalue weighted by Gasteiger charge is -2.24. The molecule has 6 nitrogen and oxygen atoms in total. The molecule has 120 valence electrons. The van der Waals surface area contributed by atoms with Crippen LogP contribution in [0.5, 0.6) is 0 Å². The summed E-state index contributed by atoms with van der Waals surface area (Å²) in [5.41, 5.74) is 5.22. The van der Waals surface area contributed by atoms with Crippen LogP contribution in [-0.2, 0) is 4.74 Å². The molecule has 0 spiro atoms. The lowest BCUT2D eigenvalue weighted by Crippen LogP contribution is -2.44. The SMILES string of the molecule is CC(O)CC(C)NC(CN)CCNC(=O)OC(C)(C)C. The molecule has 20 heavy (non-hydrogen) atoms. The zero-order valence-corrected chi connectivity index (χ0v) is 13.4. The van der Waals surface area contributed by atoms with Crippen LogP contribution in [0.15, 0.2) is 0 Å². The average Bonchev–Trinajstić information content (AvgIpc) is 2.23. The van der Waals surface area contributed by atoms with Gasteiger partial charge in [-0.2, -0.15) is 0 Å². The van der Waals surface area contributed by atoms with E-state index in [0.717, 1.165) is 6.42 Å². The minimum atomic E-state index is -0.485. The van der Waals surface area contributed by atoms with Crippen molar-refractivity contribution in [2.75, 3.05) is 13.1 Å². The normalized spacial score (nSPS) is 16.4. The predicted octanol–water partition coefficient (Wildman–Crippen LogP) is 0.978. The zero-order chi connectivity index (χ0) is 15.8. The minimum Gasteiger partial charge on any atom is -0.444 e. The second kappa shape index (κ2) is 9.15. The van der Waals surface area contributed by atoms with E-state index in [9.17, 15) is 9.90 Å². The summed E-state index contributed by atoms with van der Waals surface area (Å²) in [4.78, 5) is 11.5. The maximum atomic E-state index is 11.5. The topological polar surface area (TPSA) is 96.6 Å². The van der Waals surface area contributed by atoms with Crippen molar-refractivity contribution in [1.82, 2.24) is 10.6 Å². The van der Waals surface area contributed by atoms with Gasteiger partial charge in [0, 0.05) is 25.2 Å². The van der Waals surface area contributed by atoms with Crippen molar-refractivity contribution in [3.8, 4) is 0 Å². The number of nitrogens with one attached hydrogen (secondary N) is 2. The Kier molecular flexibility index (Phi) is 8.76. The number of carbonyl (C=O) groups excluding carboxylic acids is 1.